The zero-order valence-electron chi connectivity index (χ0n) is 6.17. The quantitative estimate of drug-likeness (QED) is 0.397. The third-order valence-corrected chi connectivity index (χ3v) is 5.18. The molecule has 0 saturated heterocycles. The maximum atomic E-state index is 5.98. The van der Waals surface area contributed by atoms with E-state index in [1.54, 1.807) is 0 Å². The number of rotatable bonds is 5. The van der Waals surface area contributed by atoms with Crippen molar-refractivity contribution in [1.82, 2.24) is 0 Å². The first-order valence-corrected chi connectivity index (χ1v) is 11.4. The van der Waals surface area contributed by atoms with E-state index < -0.39 is 4.62 Å². The van der Waals surface area contributed by atoms with Gasteiger partial charge in [0.25, 0.3) is 4.62 Å². The first-order chi connectivity index (χ1) is 4.56. The van der Waals surface area contributed by atoms with Crippen LogP contribution in [0.4, 0.5) is 0 Å². The zero-order chi connectivity index (χ0) is 8.04. The number of hydrogen-bond acceptors (Lipinski definition) is 0. The van der Waals surface area contributed by atoms with Crippen LogP contribution in [0, 0.1) is 0 Å². The lowest BCUT2D eigenvalue weighted by molar-refractivity contribution is 0.700. The predicted molar refractivity (Wildman–Crippen MR) is 58.4 cm³/mol. The third-order valence-electron chi connectivity index (χ3n) is 1.31. The average Bonchev–Trinajstić information content (AvgIpc) is 1.78. The van der Waals surface area contributed by atoms with Crippen molar-refractivity contribution in [1.29, 1.82) is 0 Å². The monoisotopic (exact) mass is 306 g/mol. The molecule has 0 aliphatic heterocycles. The second-order valence-corrected chi connectivity index (χ2v) is 20.1. The Balaban J connectivity index is 3.04. The van der Waals surface area contributed by atoms with Crippen LogP contribution in [0.2, 0.25) is 6.04 Å². The fraction of sp³-hybridized carbons (Fsp3) is 1.00. The van der Waals surface area contributed by atoms with Crippen LogP contribution in [-0.2, 0) is 0 Å². The van der Waals surface area contributed by atoms with E-state index in [0.717, 1.165) is 6.04 Å². The Morgan fingerprint density at radius 1 is 1.20 bits per heavy atom. The van der Waals surface area contributed by atoms with Crippen LogP contribution in [0.25, 0.3) is 0 Å². The van der Waals surface area contributed by atoms with Crippen LogP contribution in [0.1, 0.15) is 32.6 Å². The van der Waals surface area contributed by atoms with Gasteiger partial charge in [-0.05, 0) is 6.04 Å². The van der Waals surface area contributed by atoms with E-state index in [1.807, 2.05) is 0 Å². The molecule has 0 fully saturated rings. The molecule has 0 nitrogen and oxygen atoms in total. The molecule has 0 aliphatic rings. The molecule has 0 aliphatic carbocycles. The highest BCUT2D eigenvalue weighted by atomic mass is 79.9. The van der Waals surface area contributed by atoms with Crippen molar-refractivity contribution in [2.75, 3.05) is 0 Å². The van der Waals surface area contributed by atoms with Crippen LogP contribution in [0.15, 0.2) is 0 Å². The minimum atomic E-state index is -1.61. The maximum Gasteiger partial charge on any atom is 0.292 e. The normalized spacial score (nSPS) is 12.0. The van der Waals surface area contributed by atoms with E-state index >= 15 is 0 Å². The number of halogens is 3. The van der Waals surface area contributed by atoms with Gasteiger partial charge in [-0.3, -0.25) is 0 Å². The summed E-state index contributed by atoms with van der Waals surface area (Å²) in [6.07, 6.45) is 5.19. The molecular weight excluding hydrogens is 295 g/mol. The van der Waals surface area contributed by atoms with Gasteiger partial charge in [0, 0.05) is 0 Å². The molecule has 0 bridgehead atoms. The molecule has 10 heavy (non-hydrogen) atoms. The van der Waals surface area contributed by atoms with Crippen molar-refractivity contribution in [3.63, 3.8) is 0 Å². The van der Waals surface area contributed by atoms with Gasteiger partial charge in [-0.25, -0.2) is 0 Å². The van der Waals surface area contributed by atoms with Crippen molar-refractivity contribution in [2.24, 2.45) is 0 Å². The minimum absolute atomic E-state index is 1.12. The van der Waals surface area contributed by atoms with Gasteiger partial charge in [0.15, 0.2) is 0 Å². The highest BCUT2D eigenvalue weighted by molar-refractivity contribution is 9.53. The van der Waals surface area contributed by atoms with Crippen molar-refractivity contribution < 1.29 is 0 Å². The minimum Gasteiger partial charge on any atom is -0.137 e. The van der Waals surface area contributed by atoms with Crippen molar-refractivity contribution in [2.45, 2.75) is 38.7 Å². The fourth-order valence-electron chi connectivity index (χ4n) is 0.752. The Kier molecular flexibility index (Phi) is 6.92. The first kappa shape index (κ1) is 11.5. The molecule has 0 atom stereocenters. The molecule has 0 saturated carbocycles. The molecule has 0 N–H and O–H groups in total. The van der Waals surface area contributed by atoms with Gasteiger partial charge < -0.3 is 0 Å². The molecule has 0 radical (unpaired) electrons. The van der Waals surface area contributed by atoms with Crippen LogP contribution < -0.4 is 0 Å². The molecular formula is C6H13Br2ClSi. The fourth-order valence-corrected chi connectivity index (χ4v) is 3.49. The SMILES string of the molecule is CCCCCC[Si](Cl)(Br)Br. The van der Waals surface area contributed by atoms with Gasteiger partial charge in [-0.15, -0.1) is 11.1 Å². The van der Waals surface area contributed by atoms with Gasteiger partial charge in [0.05, 0.1) is 0 Å². The standard InChI is InChI=1S/C6H13Br2ClSi/c1-2-3-4-5-6-10(7,8)9/h2-6H2,1H3. The second-order valence-electron chi connectivity index (χ2n) is 2.43. The van der Waals surface area contributed by atoms with Gasteiger partial charge in [0.2, 0.25) is 0 Å². The van der Waals surface area contributed by atoms with Gasteiger partial charge in [-0.1, -0.05) is 63.2 Å². The van der Waals surface area contributed by atoms with Gasteiger partial charge >= 0.3 is 0 Å². The van der Waals surface area contributed by atoms with E-state index in [4.69, 9.17) is 11.1 Å². The molecule has 0 aromatic rings. The second kappa shape index (κ2) is 6.04. The predicted octanol–water partition coefficient (Wildman–Crippen LogP) is 4.53. The van der Waals surface area contributed by atoms with Crippen LogP contribution in [0.3, 0.4) is 0 Å². The van der Waals surface area contributed by atoms with Crippen molar-refractivity contribution >= 4 is 46.3 Å². The topological polar surface area (TPSA) is 0 Å². The lowest BCUT2D eigenvalue weighted by Gasteiger charge is -2.06. The summed E-state index contributed by atoms with van der Waals surface area (Å²) in [4.78, 5) is 0. The molecule has 62 valence electrons. The molecule has 0 amide bonds. The maximum absolute atomic E-state index is 5.98. The Hall–Kier alpha value is 1.47. The third kappa shape index (κ3) is 9.47. The summed E-state index contributed by atoms with van der Waals surface area (Å²) in [7, 11) is 0. The molecule has 0 aromatic heterocycles. The highest BCUT2D eigenvalue weighted by Gasteiger charge is 2.21. The zero-order valence-corrected chi connectivity index (χ0v) is 11.1. The van der Waals surface area contributed by atoms with Gasteiger partial charge in [-0.2, -0.15) is 0 Å². The number of hydrogen-bond donors (Lipinski definition) is 0. The first-order valence-electron chi connectivity index (χ1n) is 3.63. The molecule has 0 unspecified atom stereocenters. The Bertz CT molecular complexity index is 82.3. The molecule has 0 heterocycles. The Labute approximate surface area is 84.6 Å². The summed E-state index contributed by atoms with van der Waals surface area (Å²) < 4.78 is -1.61. The summed E-state index contributed by atoms with van der Waals surface area (Å²) in [5.74, 6) is 0. The lowest BCUT2D eigenvalue weighted by atomic mass is 10.2. The highest BCUT2D eigenvalue weighted by Crippen LogP contribution is 2.31. The van der Waals surface area contributed by atoms with E-state index in [0.29, 0.717) is 0 Å². The van der Waals surface area contributed by atoms with E-state index in [1.165, 1.54) is 25.7 Å². The summed E-state index contributed by atoms with van der Waals surface area (Å²) in [6.45, 7) is 2.22. The Morgan fingerprint density at radius 2 is 1.80 bits per heavy atom. The molecule has 4 heteroatoms. The van der Waals surface area contributed by atoms with Crippen LogP contribution in [-0.4, -0.2) is 4.62 Å². The van der Waals surface area contributed by atoms with Crippen molar-refractivity contribution in [3.05, 3.63) is 0 Å². The molecule has 0 rings (SSSR count). The Morgan fingerprint density at radius 3 is 2.20 bits per heavy atom. The largest absolute Gasteiger partial charge is 0.292 e. The van der Waals surface area contributed by atoms with Crippen molar-refractivity contribution in [3.8, 4) is 0 Å². The molecule has 0 spiro atoms. The summed E-state index contributed by atoms with van der Waals surface area (Å²) in [5.41, 5.74) is 0. The van der Waals surface area contributed by atoms with E-state index in [2.05, 4.69) is 37.5 Å². The van der Waals surface area contributed by atoms with Crippen LogP contribution in [0.5, 0.6) is 0 Å². The smallest absolute Gasteiger partial charge is 0.137 e. The molecule has 0 aromatic carbocycles. The lowest BCUT2D eigenvalue weighted by Crippen LogP contribution is -2.05. The van der Waals surface area contributed by atoms with Crippen LogP contribution >= 0.6 is 41.7 Å². The average molecular weight is 309 g/mol. The number of unbranched alkanes of at least 4 members (excludes halogenated alkanes) is 3. The summed E-state index contributed by atoms with van der Waals surface area (Å²) >= 11 is 12.9. The summed E-state index contributed by atoms with van der Waals surface area (Å²) in [6, 6.07) is 1.12. The van der Waals surface area contributed by atoms with Gasteiger partial charge in [0.1, 0.15) is 0 Å². The van der Waals surface area contributed by atoms with E-state index in [9.17, 15) is 0 Å². The summed E-state index contributed by atoms with van der Waals surface area (Å²) in [5, 5.41) is 0. The van der Waals surface area contributed by atoms with E-state index in [-0.39, 0.29) is 0 Å².